The van der Waals surface area contributed by atoms with Gasteiger partial charge in [0, 0.05) is 5.33 Å². The van der Waals surface area contributed by atoms with Crippen molar-refractivity contribution in [1.82, 2.24) is 0 Å². The molecule has 0 heterocycles. The minimum Gasteiger partial charge on any atom is -0.489 e. The average Bonchev–Trinajstić information content (AvgIpc) is 2.27. The SMILES string of the molecule is CCc1cc(Cl)c(OCC(Br)CBr)c(Cl)c1. The van der Waals surface area contributed by atoms with E-state index < -0.39 is 0 Å². The van der Waals surface area contributed by atoms with Gasteiger partial charge in [0.05, 0.1) is 14.9 Å². The Hall–Kier alpha value is 0.560. The van der Waals surface area contributed by atoms with Gasteiger partial charge in [-0.15, -0.1) is 0 Å². The van der Waals surface area contributed by atoms with Crippen LogP contribution in [0.4, 0.5) is 0 Å². The molecule has 0 aliphatic rings. The molecule has 16 heavy (non-hydrogen) atoms. The number of aryl methyl sites for hydroxylation is 1. The number of hydrogen-bond acceptors (Lipinski definition) is 1. The largest absolute Gasteiger partial charge is 0.489 e. The van der Waals surface area contributed by atoms with E-state index in [0.29, 0.717) is 22.4 Å². The molecule has 1 rings (SSSR count). The predicted octanol–water partition coefficient (Wildman–Crippen LogP) is 5.09. The lowest BCUT2D eigenvalue weighted by Crippen LogP contribution is -2.12. The zero-order valence-corrected chi connectivity index (χ0v) is 13.5. The Bertz CT molecular complexity index is 335. The second kappa shape index (κ2) is 7.10. The molecule has 0 fully saturated rings. The third kappa shape index (κ3) is 4.10. The molecule has 0 radical (unpaired) electrons. The molecule has 0 amide bonds. The van der Waals surface area contributed by atoms with Gasteiger partial charge in [-0.2, -0.15) is 0 Å². The Morgan fingerprint density at radius 2 is 1.88 bits per heavy atom. The summed E-state index contributed by atoms with van der Waals surface area (Å²) in [5.41, 5.74) is 1.11. The molecule has 1 aromatic rings. The Labute approximate surface area is 123 Å². The number of hydrogen-bond donors (Lipinski definition) is 0. The van der Waals surface area contributed by atoms with Gasteiger partial charge in [-0.05, 0) is 24.1 Å². The van der Waals surface area contributed by atoms with Gasteiger partial charge in [-0.25, -0.2) is 0 Å². The van der Waals surface area contributed by atoms with Crippen molar-refractivity contribution in [1.29, 1.82) is 0 Å². The van der Waals surface area contributed by atoms with Crippen LogP contribution in [0.2, 0.25) is 10.0 Å². The van der Waals surface area contributed by atoms with Crippen molar-refractivity contribution in [3.8, 4) is 5.75 Å². The molecular formula is C11H12Br2Cl2O. The molecule has 1 unspecified atom stereocenters. The van der Waals surface area contributed by atoms with E-state index in [9.17, 15) is 0 Å². The number of alkyl halides is 2. The van der Waals surface area contributed by atoms with Crippen molar-refractivity contribution in [3.05, 3.63) is 27.7 Å². The first-order valence-electron chi connectivity index (χ1n) is 4.89. The highest BCUT2D eigenvalue weighted by Gasteiger charge is 2.11. The fourth-order valence-electron chi connectivity index (χ4n) is 1.17. The van der Waals surface area contributed by atoms with Gasteiger partial charge in [0.2, 0.25) is 0 Å². The maximum Gasteiger partial charge on any atom is 0.156 e. The van der Waals surface area contributed by atoms with Gasteiger partial charge < -0.3 is 4.74 Å². The predicted molar refractivity (Wildman–Crippen MR) is 77.8 cm³/mol. The second-order valence-electron chi connectivity index (χ2n) is 3.30. The molecule has 1 atom stereocenters. The van der Waals surface area contributed by atoms with E-state index in [1.165, 1.54) is 0 Å². The lowest BCUT2D eigenvalue weighted by molar-refractivity contribution is 0.326. The molecule has 0 bridgehead atoms. The third-order valence-electron chi connectivity index (χ3n) is 2.04. The third-order valence-corrected chi connectivity index (χ3v) is 4.84. The fraction of sp³-hybridized carbons (Fsp3) is 0.455. The summed E-state index contributed by atoms with van der Waals surface area (Å²) in [5.74, 6) is 0.561. The smallest absolute Gasteiger partial charge is 0.156 e. The molecule has 0 spiro atoms. The summed E-state index contributed by atoms with van der Waals surface area (Å²) in [6.07, 6.45) is 0.905. The summed E-state index contributed by atoms with van der Waals surface area (Å²) >= 11 is 19.0. The molecule has 0 aliphatic heterocycles. The molecule has 0 aliphatic carbocycles. The second-order valence-corrected chi connectivity index (χ2v) is 6.06. The molecule has 1 nitrogen and oxygen atoms in total. The van der Waals surface area contributed by atoms with Crippen molar-refractivity contribution in [2.75, 3.05) is 11.9 Å². The molecular weight excluding hydrogens is 379 g/mol. The van der Waals surface area contributed by atoms with Crippen LogP contribution in [0.3, 0.4) is 0 Å². The number of benzene rings is 1. The lowest BCUT2D eigenvalue weighted by atomic mass is 10.2. The first-order chi connectivity index (χ1) is 7.58. The van der Waals surface area contributed by atoms with Crippen molar-refractivity contribution in [3.63, 3.8) is 0 Å². The summed E-state index contributed by atoms with van der Waals surface area (Å²) in [5, 5.41) is 1.95. The van der Waals surface area contributed by atoms with Crippen LogP contribution in [0.15, 0.2) is 12.1 Å². The van der Waals surface area contributed by atoms with Crippen LogP contribution in [-0.4, -0.2) is 16.8 Å². The van der Waals surface area contributed by atoms with Crippen molar-refractivity contribution >= 4 is 55.1 Å². The standard InChI is InChI=1S/C11H12Br2Cl2O/c1-2-7-3-9(14)11(10(15)4-7)16-6-8(13)5-12/h3-4,8H,2,5-6H2,1H3. The zero-order valence-electron chi connectivity index (χ0n) is 8.77. The Morgan fingerprint density at radius 1 is 1.31 bits per heavy atom. The minimum absolute atomic E-state index is 0.241. The van der Waals surface area contributed by atoms with Gasteiger partial charge in [-0.1, -0.05) is 62.0 Å². The van der Waals surface area contributed by atoms with Gasteiger partial charge in [0.1, 0.15) is 6.61 Å². The molecule has 0 saturated heterocycles. The van der Waals surface area contributed by atoms with Crippen LogP contribution in [0.5, 0.6) is 5.75 Å². The van der Waals surface area contributed by atoms with Crippen LogP contribution in [0.25, 0.3) is 0 Å². The van der Waals surface area contributed by atoms with Crippen LogP contribution in [0.1, 0.15) is 12.5 Å². The lowest BCUT2D eigenvalue weighted by Gasteiger charge is -2.13. The van der Waals surface area contributed by atoms with Gasteiger partial charge in [0.25, 0.3) is 0 Å². The highest BCUT2D eigenvalue weighted by atomic mass is 79.9. The van der Waals surface area contributed by atoms with Crippen LogP contribution >= 0.6 is 55.1 Å². The highest BCUT2D eigenvalue weighted by Crippen LogP contribution is 2.34. The molecule has 5 heteroatoms. The number of halogens is 4. The first kappa shape index (κ1) is 14.6. The Morgan fingerprint density at radius 3 is 2.31 bits per heavy atom. The zero-order chi connectivity index (χ0) is 12.1. The summed E-state index contributed by atoms with van der Waals surface area (Å²) < 4.78 is 5.58. The van der Waals surface area contributed by atoms with Crippen LogP contribution in [-0.2, 0) is 6.42 Å². The van der Waals surface area contributed by atoms with E-state index in [1.807, 2.05) is 12.1 Å². The topological polar surface area (TPSA) is 9.23 Å². The van der Waals surface area contributed by atoms with Gasteiger partial charge in [-0.3, -0.25) is 0 Å². The number of rotatable bonds is 5. The molecule has 0 aromatic heterocycles. The van der Waals surface area contributed by atoms with E-state index in [-0.39, 0.29) is 4.83 Å². The van der Waals surface area contributed by atoms with Crippen molar-refractivity contribution in [2.24, 2.45) is 0 Å². The molecule has 0 saturated carbocycles. The fourth-order valence-corrected chi connectivity index (χ4v) is 2.13. The van der Waals surface area contributed by atoms with Crippen molar-refractivity contribution < 1.29 is 4.74 Å². The summed E-state index contributed by atoms with van der Waals surface area (Å²) in [7, 11) is 0. The highest BCUT2D eigenvalue weighted by molar-refractivity contribution is 9.12. The monoisotopic (exact) mass is 388 g/mol. The summed E-state index contributed by atoms with van der Waals surface area (Å²) in [4.78, 5) is 0.241. The van der Waals surface area contributed by atoms with E-state index >= 15 is 0 Å². The maximum absolute atomic E-state index is 6.10. The van der Waals surface area contributed by atoms with Crippen molar-refractivity contribution in [2.45, 2.75) is 18.2 Å². The van der Waals surface area contributed by atoms with E-state index in [2.05, 4.69) is 38.8 Å². The molecule has 0 N–H and O–H groups in total. The van der Waals surface area contributed by atoms with Gasteiger partial charge >= 0.3 is 0 Å². The minimum atomic E-state index is 0.241. The number of ether oxygens (including phenoxy) is 1. The van der Waals surface area contributed by atoms with Crippen LogP contribution < -0.4 is 4.74 Å². The summed E-state index contributed by atoms with van der Waals surface area (Å²) in [6, 6.07) is 3.78. The first-order valence-corrected chi connectivity index (χ1v) is 7.68. The Kier molecular flexibility index (Phi) is 6.48. The van der Waals surface area contributed by atoms with E-state index in [4.69, 9.17) is 27.9 Å². The molecule has 1 aromatic carbocycles. The maximum atomic E-state index is 6.10. The van der Waals surface area contributed by atoms with Crippen LogP contribution in [0, 0.1) is 0 Å². The average molecular weight is 391 g/mol. The quantitative estimate of drug-likeness (QED) is 0.636. The van der Waals surface area contributed by atoms with E-state index in [0.717, 1.165) is 17.3 Å². The summed E-state index contributed by atoms with van der Waals surface area (Å²) in [6.45, 7) is 2.58. The Balaban J connectivity index is 2.80. The van der Waals surface area contributed by atoms with Gasteiger partial charge in [0.15, 0.2) is 5.75 Å². The van der Waals surface area contributed by atoms with E-state index in [1.54, 1.807) is 0 Å². The molecule has 90 valence electrons. The normalized spacial score (nSPS) is 12.6.